The average molecular weight is 613 g/mol. The van der Waals surface area contributed by atoms with Crippen molar-refractivity contribution in [1.29, 1.82) is 0 Å². The second kappa shape index (κ2) is 14.0. The summed E-state index contributed by atoms with van der Waals surface area (Å²) in [7, 11) is 3.96. The number of carbonyl (C=O) groups is 4. The van der Waals surface area contributed by atoms with Gasteiger partial charge in [-0.05, 0) is 79.8 Å². The number of benzene rings is 2. The molecular formula is C28H30ClFN8O5. The van der Waals surface area contributed by atoms with E-state index in [1.807, 2.05) is 14.1 Å². The van der Waals surface area contributed by atoms with Crippen LogP contribution in [0.2, 0.25) is 5.02 Å². The van der Waals surface area contributed by atoms with E-state index < -0.39 is 29.6 Å². The van der Waals surface area contributed by atoms with Gasteiger partial charge in [0.1, 0.15) is 12.4 Å². The summed E-state index contributed by atoms with van der Waals surface area (Å²) in [5, 5.41) is 24.9. The molecule has 1 unspecified atom stereocenters. The highest BCUT2D eigenvalue weighted by atomic mass is 35.5. The third kappa shape index (κ3) is 7.99. The molecule has 4 rings (SSSR count). The quantitative estimate of drug-likeness (QED) is 0.291. The molecule has 1 atom stereocenters. The number of amides is 3. The molecule has 1 aromatic heterocycles. The van der Waals surface area contributed by atoms with E-state index in [2.05, 4.69) is 31.1 Å². The van der Waals surface area contributed by atoms with Crippen LogP contribution < -0.4 is 10.6 Å². The molecule has 0 saturated carbocycles. The van der Waals surface area contributed by atoms with Crippen LogP contribution in [0.4, 0.5) is 10.1 Å². The first-order chi connectivity index (χ1) is 20.5. The predicted octanol–water partition coefficient (Wildman–Crippen LogP) is 2.23. The minimum Gasteiger partial charge on any atom is -0.478 e. The molecule has 1 aliphatic heterocycles. The highest BCUT2D eigenvalue weighted by Gasteiger charge is 2.29. The van der Waals surface area contributed by atoms with E-state index in [1.165, 1.54) is 53.5 Å². The molecule has 3 N–H and O–H groups in total. The molecule has 226 valence electrons. The minimum absolute atomic E-state index is 0.0265. The van der Waals surface area contributed by atoms with Gasteiger partial charge in [0.2, 0.25) is 17.7 Å². The SMILES string of the molecule is CN(C)C1CCN(C(=O)CC(NC(=O)C=Cc2c(-n3cnnn3)ccc(Cl)c2F)C(=O)Nc2ccc(C(=O)O)cc2)CC1. The maximum atomic E-state index is 14.9. The van der Waals surface area contributed by atoms with Gasteiger partial charge in [0.05, 0.1) is 22.7 Å². The number of anilines is 1. The number of nitrogens with one attached hydrogen (secondary N) is 2. The number of aromatic carboxylic acids is 1. The van der Waals surface area contributed by atoms with Gasteiger partial charge in [-0.25, -0.2) is 9.18 Å². The third-order valence-corrected chi connectivity index (χ3v) is 7.36. The largest absolute Gasteiger partial charge is 0.478 e. The van der Waals surface area contributed by atoms with Gasteiger partial charge in [0.15, 0.2) is 5.82 Å². The van der Waals surface area contributed by atoms with Crippen LogP contribution in [0, 0.1) is 5.82 Å². The summed E-state index contributed by atoms with van der Waals surface area (Å²) in [6, 6.07) is 7.27. The van der Waals surface area contributed by atoms with Crippen LogP contribution >= 0.6 is 11.6 Å². The fourth-order valence-electron chi connectivity index (χ4n) is 4.64. The van der Waals surface area contributed by atoms with Crippen LogP contribution in [0.15, 0.2) is 48.8 Å². The lowest BCUT2D eigenvalue weighted by Gasteiger charge is -2.35. The van der Waals surface area contributed by atoms with E-state index in [9.17, 15) is 23.6 Å². The fraction of sp³-hybridized carbons (Fsp3) is 0.321. The Hall–Kier alpha value is -4.69. The lowest BCUT2D eigenvalue weighted by atomic mass is 10.0. The summed E-state index contributed by atoms with van der Waals surface area (Å²) in [5.74, 6) is -3.72. The van der Waals surface area contributed by atoms with Crippen molar-refractivity contribution in [2.75, 3.05) is 32.5 Å². The normalized spacial score (nSPS) is 14.6. The molecule has 3 aromatic rings. The number of tetrazole rings is 1. The van der Waals surface area contributed by atoms with Crippen molar-refractivity contribution in [2.45, 2.75) is 31.3 Å². The molecule has 0 bridgehead atoms. The number of halogens is 2. The lowest BCUT2D eigenvalue weighted by molar-refractivity contribution is -0.135. The van der Waals surface area contributed by atoms with Gasteiger partial charge in [0, 0.05) is 36.5 Å². The maximum absolute atomic E-state index is 14.9. The summed E-state index contributed by atoms with van der Waals surface area (Å²) in [4.78, 5) is 54.4. The Labute approximate surface area is 251 Å². The van der Waals surface area contributed by atoms with Crippen molar-refractivity contribution in [3.05, 3.63) is 70.8 Å². The third-order valence-electron chi connectivity index (χ3n) is 7.07. The van der Waals surface area contributed by atoms with Gasteiger partial charge in [-0.15, -0.1) is 5.10 Å². The van der Waals surface area contributed by atoms with E-state index in [-0.39, 0.29) is 39.9 Å². The lowest BCUT2D eigenvalue weighted by Crippen LogP contribution is -2.49. The first-order valence-corrected chi connectivity index (χ1v) is 13.7. The first kappa shape index (κ1) is 31.3. The molecule has 2 heterocycles. The zero-order valence-corrected chi connectivity index (χ0v) is 24.2. The summed E-state index contributed by atoms with van der Waals surface area (Å²) >= 11 is 5.95. The van der Waals surface area contributed by atoms with Gasteiger partial charge in [-0.3, -0.25) is 14.4 Å². The van der Waals surface area contributed by atoms with Crippen LogP contribution in [0.3, 0.4) is 0 Å². The summed E-state index contributed by atoms with van der Waals surface area (Å²) in [6.45, 7) is 1.02. The van der Waals surface area contributed by atoms with Crippen LogP contribution in [-0.2, 0) is 14.4 Å². The smallest absolute Gasteiger partial charge is 0.335 e. The van der Waals surface area contributed by atoms with E-state index in [0.717, 1.165) is 18.9 Å². The molecule has 3 amide bonds. The molecule has 13 nitrogen and oxygen atoms in total. The van der Waals surface area contributed by atoms with E-state index >= 15 is 0 Å². The monoisotopic (exact) mass is 612 g/mol. The van der Waals surface area contributed by atoms with E-state index in [0.29, 0.717) is 19.1 Å². The molecular weight excluding hydrogens is 583 g/mol. The summed E-state index contributed by atoms with van der Waals surface area (Å²) < 4.78 is 16.1. The number of hydrogen-bond acceptors (Lipinski definition) is 8. The van der Waals surface area contributed by atoms with Crippen molar-refractivity contribution >= 4 is 47.1 Å². The Morgan fingerprint density at radius 1 is 1.14 bits per heavy atom. The number of likely N-dealkylation sites (tertiary alicyclic amines) is 1. The van der Waals surface area contributed by atoms with Gasteiger partial charge in [0.25, 0.3) is 0 Å². The molecule has 15 heteroatoms. The van der Waals surface area contributed by atoms with Crippen molar-refractivity contribution < 1.29 is 28.7 Å². The highest BCUT2D eigenvalue weighted by molar-refractivity contribution is 6.31. The number of aromatic nitrogens is 4. The van der Waals surface area contributed by atoms with Gasteiger partial charge < -0.3 is 25.5 Å². The number of hydrogen-bond donors (Lipinski definition) is 3. The molecule has 0 spiro atoms. The maximum Gasteiger partial charge on any atom is 0.335 e. The average Bonchev–Trinajstić information content (AvgIpc) is 3.52. The summed E-state index contributed by atoms with van der Waals surface area (Å²) in [6.07, 6.45) is 4.65. The van der Waals surface area contributed by atoms with Crippen molar-refractivity contribution in [3.63, 3.8) is 0 Å². The molecule has 1 fully saturated rings. The Bertz CT molecular complexity index is 1510. The van der Waals surface area contributed by atoms with Gasteiger partial charge >= 0.3 is 5.97 Å². The van der Waals surface area contributed by atoms with Crippen LogP contribution in [0.25, 0.3) is 11.8 Å². The van der Waals surface area contributed by atoms with Gasteiger partial charge in [-0.2, -0.15) is 4.68 Å². The zero-order chi connectivity index (χ0) is 31.1. The second-order valence-corrected chi connectivity index (χ2v) is 10.5. The Morgan fingerprint density at radius 3 is 2.44 bits per heavy atom. The molecule has 1 aliphatic rings. The number of nitrogens with zero attached hydrogens (tertiary/aromatic N) is 6. The van der Waals surface area contributed by atoms with Crippen molar-refractivity contribution in [2.24, 2.45) is 0 Å². The molecule has 0 aliphatic carbocycles. The van der Waals surface area contributed by atoms with Crippen molar-refractivity contribution in [3.8, 4) is 5.69 Å². The zero-order valence-electron chi connectivity index (χ0n) is 23.4. The number of carboxylic acid groups (broad SMARTS) is 1. The molecule has 1 saturated heterocycles. The number of piperidine rings is 1. The second-order valence-electron chi connectivity index (χ2n) is 10.1. The minimum atomic E-state index is -1.29. The van der Waals surface area contributed by atoms with Crippen LogP contribution in [-0.4, -0.2) is 98.1 Å². The molecule has 0 radical (unpaired) electrons. The van der Waals surface area contributed by atoms with E-state index in [4.69, 9.17) is 16.7 Å². The number of rotatable bonds is 10. The standard InChI is InChI=1S/C28H30ClFN8O5/c1-36(2)19-11-13-37(14-12-19)25(40)15-22(27(41)32-18-5-3-17(4-6-18)28(42)43)33-24(39)10-7-20-23(38-16-31-34-35-38)9-8-21(29)26(20)30/h3-10,16,19,22H,11-15H2,1-2H3,(H,32,41)(H,33,39)(H,42,43). The number of carboxylic acids is 1. The van der Waals surface area contributed by atoms with Crippen molar-refractivity contribution in [1.82, 2.24) is 35.3 Å². The predicted molar refractivity (Wildman–Crippen MR) is 155 cm³/mol. The first-order valence-electron chi connectivity index (χ1n) is 13.3. The Kier molecular flexibility index (Phi) is 10.2. The Morgan fingerprint density at radius 2 is 1.84 bits per heavy atom. The molecule has 2 aromatic carbocycles. The van der Waals surface area contributed by atoms with Crippen LogP contribution in [0.1, 0.15) is 35.2 Å². The Balaban J connectivity index is 1.52. The number of carbonyl (C=O) groups excluding carboxylic acids is 3. The van der Waals surface area contributed by atoms with E-state index in [1.54, 1.807) is 4.90 Å². The highest BCUT2D eigenvalue weighted by Crippen LogP contribution is 2.25. The fourth-order valence-corrected chi connectivity index (χ4v) is 4.80. The topological polar surface area (TPSA) is 163 Å². The summed E-state index contributed by atoms with van der Waals surface area (Å²) in [5.41, 5.74) is 0.440. The van der Waals surface area contributed by atoms with Gasteiger partial charge in [-0.1, -0.05) is 11.6 Å². The van der Waals surface area contributed by atoms with Crippen LogP contribution in [0.5, 0.6) is 0 Å². The molecule has 43 heavy (non-hydrogen) atoms.